The van der Waals surface area contributed by atoms with Gasteiger partial charge < -0.3 is 20.5 Å². The van der Waals surface area contributed by atoms with Gasteiger partial charge in [-0.3, -0.25) is 0 Å². The lowest BCUT2D eigenvalue weighted by Gasteiger charge is -2.14. The molecule has 0 bridgehead atoms. The molecule has 2 aromatic carbocycles. The molecule has 1 atom stereocenters. The monoisotopic (exact) mass is 362 g/mol. The Balaban J connectivity index is 1.93. The predicted octanol–water partition coefficient (Wildman–Crippen LogP) is 4.52. The van der Waals surface area contributed by atoms with Crippen molar-refractivity contribution >= 4 is 17.6 Å². The van der Waals surface area contributed by atoms with Crippen LogP contribution in [0.2, 0.25) is 5.02 Å². The Morgan fingerprint density at radius 3 is 2.48 bits per heavy atom. The molecule has 2 aromatic rings. The first-order valence-electron chi connectivity index (χ1n) is 8.23. The second-order valence-electron chi connectivity index (χ2n) is 5.81. The summed E-state index contributed by atoms with van der Waals surface area (Å²) < 4.78 is 11.4. The maximum Gasteiger partial charge on any atom is 0.312 e. The van der Waals surface area contributed by atoms with Crippen molar-refractivity contribution in [2.24, 2.45) is 5.73 Å². The molecule has 6 heteroatoms. The summed E-state index contributed by atoms with van der Waals surface area (Å²) >= 11 is 6.28. The molecule has 0 aliphatic carbocycles. The van der Waals surface area contributed by atoms with E-state index in [2.05, 4.69) is 12.2 Å². The van der Waals surface area contributed by atoms with E-state index in [1.54, 1.807) is 24.3 Å². The average molecular weight is 363 g/mol. The summed E-state index contributed by atoms with van der Waals surface area (Å²) in [6.45, 7) is 4.27. The number of carbonyl (C=O) groups excluding carboxylic acids is 1. The highest BCUT2D eigenvalue weighted by Crippen LogP contribution is 2.31. The number of nitrogens with one attached hydrogen (secondary N) is 1. The van der Waals surface area contributed by atoms with Crippen molar-refractivity contribution in [2.45, 2.75) is 32.7 Å². The summed E-state index contributed by atoms with van der Waals surface area (Å²) in [7, 11) is 0. The van der Waals surface area contributed by atoms with Gasteiger partial charge in [0.1, 0.15) is 23.9 Å². The molecule has 0 radical (unpaired) electrons. The van der Waals surface area contributed by atoms with Crippen LogP contribution in [0.15, 0.2) is 42.5 Å². The van der Waals surface area contributed by atoms with Gasteiger partial charge in [-0.1, -0.05) is 31.0 Å². The summed E-state index contributed by atoms with van der Waals surface area (Å²) in [5.41, 5.74) is 6.26. The number of carbonyl (C=O) groups is 1. The summed E-state index contributed by atoms with van der Waals surface area (Å²) in [5, 5.41) is 3.15. The Morgan fingerprint density at radius 1 is 1.20 bits per heavy atom. The molecule has 0 aliphatic heterocycles. The van der Waals surface area contributed by atoms with Gasteiger partial charge in [-0.15, -0.1) is 0 Å². The van der Waals surface area contributed by atoms with Crippen LogP contribution in [0.25, 0.3) is 0 Å². The predicted molar refractivity (Wildman–Crippen MR) is 99.6 cm³/mol. The average Bonchev–Trinajstić information content (AvgIpc) is 2.56. The number of primary amides is 1. The number of halogens is 1. The number of nitrogens with two attached hydrogens (primary N) is 1. The van der Waals surface area contributed by atoms with E-state index in [1.165, 1.54) is 5.56 Å². The molecule has 0 saturated heterocycles. The minimum atomic E-state index is -0.568. The number of hydrogen-bond acceptors (Lipinski definition) is 3. The minimum Gasteiger partial charge on any atom is -0.491 e. The lowest BCUT2D eigenvalue weighted by molar-refractivity contribution is 0.233. The van der Waals surface area contributed by atoms with Crippen LogP contribution in [0.1, 0.15) is 25.8 Å². The Morgan fingerprint density at radius 2 is 1.88 bits per heavy atom. The Hall–Kier alpha value is -2.40. The number of urea groups is 1. The van der Waals surface area contributed by atoms with E-state index in [1.807, 2.05) is 25.1 Å². The summed E-state index contributed by atoms with van der Waals surface area (Å²) in [4.78, 5) is 10.8. The number of benzene rings is 2. The van der Waals surface area contributed by atoms with Crippen molar-refractivity contribution in [3.05, 3.63) is 53.1 Å². The zero-order valence-electron chi connectivity index (χ0n) is 14.4. The molecular formula is C19H23ClN2O3. The zero-order valence-corrected chi connectivity index (χ0v) is 15.2. The first kappa shape index (κ1) is 18.9. The van der Waals surface area contributed by atoms with Crippen molar-refractivity contribution in [2.75, 3.05) is 6.61 Å². The quantitative estimate of drug-likeness (QED) is 0.725. The van der Waals surface area contributed by atoms with Crippen LogP contribution in [0.3, 0.4) is 0 Å². The normalized spacial score (nSPS) is 11.6. The van der Waals surface area contributed by atoms with Gasteiger partial charge in [0, 0.05) is 0 Å². The third-order valence-corrected chi connectivity index (χ3v) is 3.77. The zero-order chi connectivity index (χ0) is 18.2. The molecule has 0 aromatic heterocycles. The molecule has 3 N–H and O–H groups in total. The number of amides is 2. The van der Waals surface area contributed by atoms with Gasteiger partial charge in [-0.25, -0.2) is 4.79 Å². The van der Waals surface area contributed by atoms with E-state index < -0.39 is 6.03 Å². The fraction of sp³-hybridized carbons (Fsp3) is 0.316. The van der Waals surface area contributed by atoms with E-state index in [0.717, 1.165) is 12.8 Å². The maximum absolute atomic E-state index is 10.8. The van der Waals surface area contributed by atoms with Crippen molar-refractivity contribution in [1.82, 2.24) is 5.32 Å². The molecule has 5 nitrogen and oxygen atoms in total. The van der Waals surface area contributed by atoms with E-state index in [4.69, 9.17) is 26.8 Å². The number of rotatable bonds is 8. The van der Waals surface area contributed by atoms with Crippen LogP contribution in [-0.2, 0) is 6.42 Å². The first-order chi connectivity index (χ1) is 12.0. The smallest absolute Gasteiger partial charge is 0.312 e. The lowest BCUT2D eigenvalue weighted by atomic mass is 10.1. The highest BCUT2D eigenvalue weighted by Gasteiger charge is 2.07. The second-order valence-corrected chi connectivity index (χ2v) is 6.22. The molecule has 2 amide bonds. The van der Waals surface area contributed by atoms with E-state index in [-0.39, 0.29) is 6.04 Å². The van der Waals surface area contributed by atoms with Crippen molar-refractivity contribution in [3.8, 4) is 17.2 Å². The van der Waals surface area contributed by atoms with Gasteiger partial charge in [-0.2, -0.15) is 0 Å². The summed E-state index contributed by atoms with van der Waals surface area (Å²) in [6, 6.07) is 12.3. The van der Waals surface area contributed by atoms with Gasteiger partial charge in [-0.05, 0) is 55.3 Å². The van der Waals surface area contributed by atoms with Gasteiger partial charge in [0.05, 0.1) is 11.1 Å². The van der Waals surface area contributed by atoms with E-state index in [9.17, 15) is 4.79 Å². The van der Waals surface area contributed by atoms with Crippen LogP contribution < -0.4 is 20.5 Å². The fourth-order valence-corrected chi connectivity index (χ4v) is 2.55. The van der Waals surface area contributed by atoms with Gasteiger partial charge >= 0.3 is 6.03 Å². The molecule has 1 unspecified atom stereocenters. The highest BCUT2D eigenvalue weighted by atomic mass is 35.5. The van der Waals surface area contributed by atoms with Crippen LogP contribution >= 0.6 is 11.6 Å². The minimum absolute atomic E-state index is 0.172. The number of hydrogen-bond donors (Lipinski definition) is 2. The van der Waals surface area contributed by atoms with E-state index in [0.29, 0.717) is 28.9 Å². The molecule has 134 valence electrons. The van der Waals surface area contributed by atoms with Crippen molar-refractivity contribution in [1.29, 1.82) is 0 Å². The molecule has 0 spiro atoms. The summed E-state index contributed by atoms with van der Waals surface area (Å²) in [5.74, 6) is 1.96. The van der Waals surface area contributed by atoms with Crippen molar-refractivity contribution < 1.29 is 14.3 Å². The molecule has 0 fully saturated rings. The Bertz CT molecular complexity index is 704. The Kier molecular flexibility index (Phi) is 6.95. The number of ether oxygens (including phenoxy) is 2. The third kappa shape index (κ3) is 6.19. The number of aryl methyl sites for hydroxylation is 1. The fourth-order valence-electron chi connectivity index (χ4n) is 2.31. The van der Waals surface area contributed by atoms with Gasteiger partial charge in [0.15, 0.2) is 0 Å². The molecule has 0 heterocycles. The SMILES string of the molecule is CCCc1ccc(Oc2ccc(OCC(C)NC(N)=O)cc2)c(Cl)c1. The standard InChI is InChI=1S/C19H23ClN2O3/c1-3-4-14-5-10-18(17(20)11-14)25-16-8-6-15(7-9-16)24-12-13(2)22-19(21)23/h5-11,13H,3-4,12H2,1-2H3,(H3,21,22,23). The first-order valence-corrected chi connectivity index (χ1v) is 8.61. The van der Waals surface area contributed by atoms with Crippen LogP contribution in [0.5, 0.6) is 17.2 Å². The lowest BCUT2D eigenvalue weighted by Crippen LogP contribution is -2.40. The molecular weight excluding hydrogens is 340 g/mol. The van der Waals surface area contributed by atoms with Crippen LogP contribution in [-0.4, -0.2) is 18.7 Å². The molecule has 0 aliphatic rings. The molecule has 2 rings (SSSR count). The van der Waals surface area contributed by atoms with E-state index >= 15 is 0 Å². The summed E-state index contributed by atoms with van der Waals surface area (Å²) in [6.07, 6.45) is 2.07. The van der Waals surface area contributed by atoms with Crippen molar-refractivity contribution in [3.63, 3.8) is 0 Å². The van der Waals surface area contributed by atoms with Gasteiger partial charge in [0.25, 0.3) is 0 Å². The third-order valence-electron chi connectivity index (χ3n) is 3.48. The van der Waals surface area contributed by atoms with Gasteiger partial charge in [0.2, 0.25) is 0 Å². The van der Waals surface area contributed by atoms with Crippen LogP contribution in [0, 0.1) is 0 Å². The largest absolute Gasteiger partial charge is 0.491 e. The molecule has 25 heavy (non-hydrogen) atoms. The topological polar surface area (TPSA) is 73.6 Å². The highest BCUT2D eigenvalue weighted by molar-refractivity contribution is 6.32. The maximum atomic E-state index is 10.8. The second kappa shape index (κ2) is 9.18. The molecule has 0 saturated carbocycles. The van der Waals surface area contributed by atoms with Crippen LogP contribution in [0.4, 0.5) is 4.79 Å². The Labute approximate surface area is 153 Å².